The summed E-state index contributed by atoms with van der Waals surface area (Å²) in [5.41, 5.74) is 0.553. The molecule has 0 N–H and O–H groups in total. The van der Waals surface area contributed by atoms with E-state index in [1.807, 2.05) is 0 Å². The number of ketones is 1. The van der Waals surface area contributed by atoms with Crippen LogP contribution in [0.5, 0.6) is 0 Å². The van der Waals surface area contributed by atoms with Crippen LogP contribution in [0.3, 0.4) is 0 Å². The molecule has 2 rings (SSSR count). The van der Waals surface area contributed by atoms with Crippen molar-refractivity contribution < 1.29 is 14.1 Å². The maximum atomic E-state index is 13.8. The number of hydrogen-bond acceptors (Lipinski definition) is 3. The van der Waals surface area contributed by atoms with Gasteiger partial charge in [0.1, 0.15) is 0 Å². The molecule has 20 heavy (non-hydrogen) atoms. The zero-order valence-corrected chi connectivity index (χ0v) is 10.3. The highest BCUT2D eigenvalue weighted by atomic mass is 19.1. The third-order valence-electron chi connectivity index (χ3n) is 2.65. The molecule has 0 aromatic heterocycles. The van der Waals surface area contributed by atoms with Gasteiger partial charge in [0.2, 0.25) is 5.78 Å². The van der Waals surface area contributed by atoms with Crippen LogP contribution >= 0.6 is 0 Å². The van der Waals surface area contributed by atoms with Crippen molar-refractivity contribution in [3.8, 4) is 0 Å². The van der Waals surface area contributed by atoms with Gasteiger partial charge in [-0.3, -0.25) is 14.9 Å². The minimum Gasteiger partial charge on any atom is -0.286 e. The molecule has 2 aromatic carbocycles. The summed E-state index contributed by atoms with van der Waals surface area (Å²) in [6.07, 6.45) is 1.05. The Bertz CT molecular complexity index is 663. The van der Waals surface area contributed by atoms with E-state index in [2.05, 4.69) is 0 Å². The van der Waals surface area contributed by atoms with Gasteiger partial charge in [0, 0.05) is 17.7 Å². The highest BCUT2D eigenvalue weighted by Crippen LogP contribution is 2.17. The molecule has 0 saturated carbocycles. The number of allylic oxidation sites excluding steroid dienone is 1. The average molecular weight is 271 g/mol. The minimum atomic E-state index is -0.912. The Morgan fingerprint density at radius 2 is 1.65 bits per heavy atom. The largest absolute Gasteiger partial charge is 0.286 e. The normalized spacial score (nSPS) is 11.2. The maximum Gasteiger partial charge on any atom is 0.269 e. The zero-order chi connectivity index (χ0) is 14.5. The average Bonchev–Trinajstić information content (AvgIpc) is 2.48. The predicted octanol–water partition coefficient (Wildman–Crippen LogP) is 3.79. The number of carbonyl (C=O) groups is 1. The summed E-state index contributed by atoms with van der Waals surface area (Å²) in [5.74, 6) is -1.63. The number of rotatable bonds is 4. The Morgan fingerprint density at radius 3 is 2.20 bits per heavy atom. The Kier molecular flexibility index (Phi) is 4.00. The van der Waals surface area contributed by atoms with Crippen molar-refractivity contribution in [2.75, 3.05) is 0 Å². The monoisotopic (exact) mass is 271 g/mol. The van der Waals surface area contributed by atoms with E-state index in [0.29, 0.717) is 5.56 Å². The fraction of sp³-hybridized carbons (Fsp3) is 0. The first-order chi connectivity index (χ1) is 9.58. The Morgan fingerprint density at radius 1 is 1.05 bits per heavy atom. The molecule has 4 nitrogen and oxygen atoms in total. The molecule has 2 aromatic rings. The van der Waals surface area contributed by atoms with Crippen molar-refractivity contribution in [1.82, 2.24) is 0 Å². The number of non-ortho nitro benzene ring substituents is 1. The maximum absolute atomic E-state index is 13.8. The SMILES string of the molecule is O=C(/C(F)=C\c1ccc([N+](=O)[O-])cc1)c1ccccc1. The van der Waals surface area contributed by atoms with E-state index in [4.69, 9.17) is 0 Å². The lowest BCUT2D eigenvalue weighted by Gasteiger charge is -1.98. The first-order valence-corrected chi connectivity index (χ1v) is 5.79. The Hall–Kier alpha value is -2.82. The van der Waals surface area contributed by atoms with E-state index in [1.165, 1.54) is 36.4 Å². The minimum absolute atomic E-state index is 0.0862. The molecular weight excluding hydrogens is 261 g/mol. The zero-order valence-electron chi connectivity index (χ0n) is 10.3. The van der Waals surface area contributed by atoms with Crippen LogP contribution in [0.1, 0.15) is 15.9 Å². The van der Waals surface area contributed by atoms with Gasteiger partial charge in [-0.1, -0.05) is 30.3 Å². The summed E-state index contributed by atoms with van der Waals surface area (Å²) >= 11 is 0. The van der Waals surface area contributed by atoms with Crippen molar-refractivity contribution in [3.63, 3.8) is 0 Å². The number of hydrogen-bond donors (Lipinski definition) is 0. The molecule has 0 radical (unpaired) electrons. The van der Waals surface area contributed by atoms with Crippen LogP contribution in [-0.4, -0.2) is 10.7 Å². The molecule has 0 aliphatic rings. The van der Waals surface area contributed by atoms with E-state index in [0.717, 1.165) is 6.08 Å². The van der Waals surface area contributed by atoms with Crippen LogP contribution in [0, 0.1) is 10.1 Å². The van der Waals surface area contributed by atoms with E-state index in [9.17, 15) is 19.3 Å². The molecule has 0 spiro atoms. The van der Waals surface area contributed by atoms with E-state index < -0.39 is 16.5 Å². The lowest BCUT2D eigenvalue weighted by molar-refractivity contribution is -0.384. The number of nitro benzene ring substituents is 1. The summed E-state index contributed by atoms with van der Waals surface area (Å²) in [4.78, 5) is 21.7. The quantitative estimate of drug-likeness (QED) is 0.368. The first-order valence-electron chi connectivity index (χ1n) is 5.79. The number of carbonyl (C=O) groups excluding carboxylic acids is 1. The second-order valence-electron chi connectivity index (χ2n) is 4.04. The standard InChI is InChI=1S/C15H10FNO3/c16-14(15(18)12-4-2-1-3-5-12)10-11-6-8-13(9-7-11)17(19)20/h1-10H/b14-10+. The molecule has 0 aliphatic heterocycles. The number of nitrogens with zero attached hydrogens (tertiary/aromatic N) is 1. The van der Waals surface area contributed by atoms with Gasteiger partial charge in [0.25, 0.3) is 5.69 Å². The second-order valence-corrected chi connectivity index (χ2v) is 4.04. The van der Waals surface area contributed by atoms with Crippen LogP contribution in [0.15, 0.2) is 60.4 Å². The number of Topliss-reactive ketones (excluding diaryl/α,β-unsaturated/α-hetero) is 1. The summed E-state index contributed by atoms with van der Waals surface area (Å²) in [7, 11) is 0. The van der Waals surface area contributed by atoms with E-state index >= 15 is 0 Å². The van der Waals surface area contributed by atoms with Crippen LogP contribution in [0.25, 0.3) is 6.08 Å². The number of halogens is 1. The van der Waals surface area contributed by atoms with Crippen molar-refractivity contribution in [2.45, 2.75) is 0 Å². The topological polar surface area (TPSA) is 60.2 Å². The summed E-state index contributed by atoms with van der Waals surface area (Å²) in [5, 5.41) is 10.5. The third-order valence-corrected chi connectivity index (χ3v) is 2.65. The highest BCUT2D eigenvalue weighted by molar-refractivity contribution is 6.09. The number of benzene rings is 2. The summed E-state index contributed by atoms with van der Waals surface area (Å²) in [6.45, 7) is 0. The van der Waals surface area contributed by atoms with Gasteiger partial charge in [-0.15, -0.1) is 0 Å². The van der Waals surface area contributed by atoms with E-state index in [-0.39, 0.29) is 11.3 Å². The van der Waals surface area contributed by atoms with Gasteiger partial charge < -0.3 is 0 Å². The van der Waals surface area contributed by atoms with Gasteiger partial charge in [-0.25, -0.2) is 4.39 Å². The van der Waals surface area contributed by atoms with Crippen molar-refractivity contribution in [2.24, 2.45) is 0 Å². The van der Waals surface area contributed by atoms with Crippen LogP contribution in [-0.2, 0) is 0 Å². The third kappa shape index (κ3) is 3.14. The summed E-state index contributed by atoms with van der Waals surface area (Å²) in [6, 6.07) is 13.3. The lowest BCUT2D eigenvalue weighted by Crippen LogP contribution is -1.98. The summed E-state index contributed by atoms with van der Waals surface area (Å²) < 4.78 is 13.8. The predicted molar refractivity (Wildman–Crippen MR) is 73.0 cm³/mol. The molecule has 0 amide bonds. The highest BCUT2D eigenvalue weighted by Gasteiger charge is 2.11. The number of nitro groups is 1. The van der Waals surface area contributed by atoms with Crippen molar-refractivity contribution in [1.29, 1.82) is 0 Å². The van der Waals surface area contributed by atoms with Crippen LogP contribution < -0.4 is 0 Å². The molecule has 0 atom stereocenters. The van der Waals surface area contributed by atoms with Crippen molar-refractivity contribution in [3.05, 3.63) is 81.7 Å². The molecule has 0 saturated heterocycles. The lowest BCUT2D eigenvalue weighted by atomic mass is 10.1. The molecule has 0 aliphatic carbocycles. The Labute approximate surface area is 114 Å². The molecule has 5 heteroatoms. The fourth-order valence-corrected chi connectivity index (χ4v) is 1.63. The molecule has 0 heterocycles. The molecule has 0 fully saturated rings. The van der Waals surface area contributed by atoms with Gasteiger partial charge in [0.05, 0.1) is 4.92 Å². The Balaban J connectivity index is 2.22. The molecule has 0 bridgehead atoms. The second kappa shape index (κ2) is 5.88. The van der Waals surface area contributed by atoms with Gasteiger partial charge in [-0.05, 0) is 23.8 Å². The first kappa shape index (κ1) is 13.6. The fourth-order valence-electron chi connectivity index (χ4n) is 1.63. The van der Waals surface area contributed by atoms with Gasteiger partial charge in [-0.2, -0.15) is 0 Å². The van der Waals surface area contributed by atoms with Crippen LogP contribution in [0.4, 0.5) is 10.1 Å². The van der Waals surface area contributed by atoms with Crippen LogP contribution in [0.2, 0.25) is 0 Å². The van der Waals surface area contributed by atoms with Gasteiger partial charge in [0.15, 0.2) is 5.83 Å². The van der Waals surface area contributed by atoms with E-state index in [1.54, 1.807) is 18.2 Å². The molecule has 0 unspecified atom stereocenters. The smallest absolute Gasteiger partial charge is 0.269 e. The molecular formula is C15H10FNO3. The van der Waals surface area contributed by atoms with Gasteiger partial charge >= 0.3 is 0 Å². The molecule has 100 valence electrons. The van der Waals surface area contributed by atoms with Crippen molar-refractivity contribution >= 4 is 17.5 Å².